The van der Waals surface area contributed by atoms with Crippen LogP contribution in [0.1, 0.15) is 29.9 Å². The van der Waals surface area contributed by atoms with Gasteiger partial charge in [0, 0.05) is 17.2 Å². The molecule has 0 spiro atoms. The van der Waals surface area contributed by atoms with Crippen LogP contribution in [-0.2, 0) is 5.75 Å². The highest BCUT2D eigenvalue weighted by Gasteiger charge is 2.10. The maximum absolute atomic E-state index is 10.6. The van der Waals surface area contributed by atoms with Gasteiger partial charge in [0.25, 0.3) is 0 Å². The number of hydrogen-bond acceptors (Lipinski definition) is 4. The highest BCUT2D eigenvalue weighted by molar-refractivity contribution is 7.99. The number of thioether (sulfide) groups is 1. The summed E-state index contributed by atoms with van der Waals surface area (Å²) >= 11 is 1.59. The Kier molecular flexibility index (Phi) is 4.76. The Labute approximate surface area is 98.7 Å². The zero-order valence-electron chi connectivity index (χ0n) is 9.25. The van der Waals surface area contributed by atoms with Gasteiger partial charge in [0.2, 0.25) is 0 Å². The first-order chi connectivity index (χ1) is 7.50. The molecule has 0 fully saturated rings. The Hall–Kier alpha value is -1.07. The van der Waals surface area contributed by atoms with Crippen molar-refractivity contribution in [3.63, 3.8) is 0 Å². The van der Waals surface area contributed by atoms with Crippen molar-refractivity contribution >= 4 is 17.7 Å². The van der Waals surface area contributed by atoms with E-state index < -0.39 is 5.97 Å². The van der Waals surface area contributed by atoms with Gasteiger partial charge < -0.3 is 10.2 Å². The zero-order chi connectivity index (χ0) is 12.1. The van der Waals surface area contributed by atoms with E-state index in [0.29, 0.717) is 5.75 Å². The van der Waals surface area contributed by atoms with E-state index in [9.17, 15) is 9.90 Å². The zero-order valence-corrected chi connectivity index (χ0v) is 10.1. The molecule has 0 radical (unpaired) electrons. The molecule has 1 aromatic heterocycles. The molecule has 0 saturated carbocycles. The summed E-state index contributed by atoms with van der Waals surface area (Å²) in [5.74, 6) is -0.296. The Morgan fingerprint density at radius 1 is 1.50 bits per heavy atom. The van der Waals surface area contributed by atoms with Crippen LogP contribution in [0.15, 0.2) is 18.3 Å². The van der Waals surface area contributed by atoms with Gasteiger partial charge in [0.05, 0.1) is 17.4 Å². The van der Waals surface area contributed by atoms with Gasteiger partial charge in [-0.2, -0.15) is 0 Å². The molecule has 4 nitrogen and oxygen atoms in total. The third kappa shape index (κ3) is 3.83. The maximum Gasteiger partial charge on any atom is 0.337 e. The van der Waals surface area contributed by atoms with Crippen LogP contribution in [0.4, 0.5) is 0 Å². The molecule has 1 heterocycles. The molecule has 0 aromatic carbocycles. The van der Waals surface area contributed by atoms with E-state index in [-0.39, 0.29) is 16.9 Å². The quantitative estimate of drug-likeness (QED) is 0.822. The van der Waals surface area contributed by atoms with E-state index in [1.54, 1.807) is 24.8 Å². The minimum absolute atomic E-state index is 0.140. The first-order valence-corrected chi connectivity index (χ1v) is 6.03. The van der Waals surface area contributed by atoms with Gasteiger partial charge in [-0.25, -0.2) is 4.79 Å². The van der Waals surface area contributed by atoms with Crippen molar-refractivity contribution in [1.29, 1.82) is 0 Å². The average molecular weight is 241 g/mol. The van der Waals surface area contributed by atoms with Gasteiger partial charge in [-0.1, -0.05) is 6.92 Å². The highest BCUT2D eigenvalue weighted by atomic mass is 32.2. The number of hydrogen-bond donors (Lipinski definition) is 2. The molecule has 1 rings (SSSR count). The molecular formula is C11H15NO3S. The predicted octanol–water partition coefficient (Wildman–Crippen LogP) is 1.78. The van der Waals surface area contributed by atoms with Gasteiger partial charge in [0.15, 0.2) is 0 Å². The third-order valence-electron chi connectivity index (χ3n) is 2.25. The Bertz CT molecular complexity index is 351. The predicted molar refractivity (Wildman–Crippen MR) is 63.6 cm³/mol. The van der Waals surface area contributed by atoms with Crippen LogP contribution in [0.2, 0.25) is 0 Å². The van der Waals surface area contributed by atoms with E-state index >= 15 is 0 Å². The number of rotatable bonds is 5. The fourth-order valence-corrected chi connectivity index (χ4v) is 1.88. The lowest BCUT2D eigenvalue weighted by atomic mass is 10.2. The van der Waals surface area contributed by atoms with Gasteiger partial charge >= 0.3 is 5.97 Å². The van der Waals surface area contributed by atoms with E-state index in [1.165, 1.54) is 12.3 Å². The van der Waals surface area contributed by atoms with Crippen LogP contribution in [-0.4, -0.2) is 32.5 Å². The molecule has 2 unspecified atom stereocenters. The van der Waals surface area contributed by atoms with Crippen LogP contribution in [0.3, 0.4) is 0 Å². The van der Waals surface area contributed by atoms with E-state index in [2.05, 4.69) is 4.98 Å². The lowest BCUT2D eigenvalue weighted by Gasteiger charge is -2.13. The van der Waals surface area contributed by atoms with Crippen molar-refractivity contribution in [2.24, 2.45) is 0 Å². The monoisotopic (exact) mass is 241 g/mol. The fraction of sp³-hybridized carbons (Fsp3) is 0.455. The van der Waals surface area contributed by atoms with Gasteiger partial charge in [-0.15, -0.1) is 11.8 Å². The first-order valence-electron chi connectivity index (χ1n) is 4.98. The third-order valence-corrected chi connectivity index (χ3v) is 3.63. The van der Waals surface area contributed by atoms with Gasteiger partial charge in [-0.3, -0.25) is 4.98 Å². The molecule has 16 heavy (non-hydrogen) atoms. The SMILES string of the molecule is CC(O)C(C)SCc1ccc(C(=O)O)cn1. The number of carbonyl (C=O) groups is 1. The smallest absolute Gasteiger partial charge is 0.337 e. The summed E-state index contributed by atoms with van der Waals surface area (Å²) in [6, 6.07) is 3.24. The summed E-state index contributed by atoms with van der Waals surface area (Å²) in [4.78, 5) is 14.6. The molecule has 2 atom stereocenters. The van der Waals surface area contributed by atoms with Crippen molar-refractivity contribution in [1.82, 2.24) is 4.98 Å². The largest absolute Gasteiger partial charge is 0.478 e. The highest BCUT2D eigenvalue weighted by Crippen LogP contribution is 2.18. The molecule has 88 valence electrons. The van der Waals surface area contributed by atoms with Gasteiger partial charge in [0.1, 0.15) is 0 Å². The number of pyridine rings is 1. The average Bonchev–Trinajstić information content (AvgIpc) is 2.26. The molecule has 0 bridgehead atoms. The second-order valence-corrected chi connectivity index (χ2v) is 4.97. The number of carboxylic acid groups (broad SMARTS) is 1. The number of aliphatic hydroxyl groups is 1. The molecule has 1 aromatic rings. The summed E-state index contributed by atoms with van der Waals surface area (Å²) in [7, 11) is 0. The summed E-state index contributed by atoms with van der Waals surface area (Å²) in [5, 5.41) is 18.1. The first kappa shape index (κ1) is 13.0. The number of carboxylic acids is 1. The lowest BCUT2D eigenvalue weighted by Crippen LogP contribution is -2.15. The lowest BCUT2D eigenvalue weighted by molar-refractivity contribution is 0.0696. The van der Waals surface area contributed by atoms with E-state index in [1.807, 2.05) is 6.92 Å². The Morgan fingerprint density at radius 2 is 2.19 bits per heavy atom. The van der Waals surface area contributed by atoms with Crippen molar-refractivity contribution in [2.75, 3.05) is 0 Å². The molecule has 0 saturated heterocycles. The van der Waals surface area contributed by atoms with Crippen LogP contribution >= 0.6 is 11.8 Å². The maximum atomic E-state index is 10.6. The van der Waals surface area contributed by atoms with Crippen molar-refractivity contribution in [3.05, 3.63) is 29.6 Å². The fourth-order valence-electron chi connectivity index (χ4n) is 0.992. The standard InChI is InChI=1S/C11H15NO3S/c1-7(13)8(2)16-6-10-4-3-9(5-12-10)11(14)15/h3-5,7-8,13H,6H2,1-2H3,(H,14,15). The Morgan fingerprint density at radius 3 is 2.62 bits per heavy atom. The topological polar surface area (TPSA) is 70.4 Å². The minimum atomic E-state index is -0.968. The van der Waals surface area contributed by atoms with E-state index in [0.717, 1.165) is 5.69 Å². The van der Waals surface area contributed by atoms with Crippen molar-refractivity contribution in [3.8, 4) is 0 Å². The van der Waals surface area contributed by atoms with Crippen molar-refractivity contribution in [2.45, 2.75) is 31.0 Å². The molecule has 0 amide bonds. The number of nitrogens with zero attached hydrogens (tertiary/aromatic N) is 1. The van der Waals surface area contributed by atoms with Crippen molar-refractivity contribution < 1.29 is 15.0 Å². The molecule has 0 aliphatic heterocycles. The van der Waals surface area contributed by atoms with Crippen LogP contribution in [0.5, 0.6) is 0 Å². The molecule has 2 N–H and O–H groups in total. The molecular weight excluding hydrogens is 226 g/mol. The molecule has 0 aliphatic carbocycles. The Balaban J connectivity index is 2.53. The van der Waals surface area contributed by atoms with Gasteiger partial charge in [-0.05, 0) is 19.1 Å². The normalized spacial score (nSPS) is 14.4. The second kappa shape index (κ2) is 5.86. The summed E-state index contributed by atoms with van der Waals surface area (Å²) in [5.41, 5.74) is 1.01. The summed E-state index contributed by atoms with van der Waals surface area (Å²) < 4.78 is 0. The second-order valence-electron chi connectivity index (χ2n) is 3.60. The molecule has 5 heteroatoms. The summed E-state index contributed by atoms with van der Waals surface area (Å²) in [6.45, 7) is 3.69. The number of aromatic nitrogens is 1. The van der Waals surface area contributed by atoms with E-state index in [4.69, 9.17) is 5.11 Å². The minimum Gasteiger partial charge on any atom is -0.478 e. The van der Waals surface area contributed by atoms with Crippen LogP contribution in [0.25, 0.3) is 0 Å². The number of aromatic carboxylic acids is 1. The summed E-state index contributed by atoms with van der Waals surface area (Å²) in [6.07, 6.45) is 0.994. The molecule has 0 aliphatic rings. The number of aliphatic hydroxyl groups excluding tert-OH is 1. The van der Waals surface area contributed by atoms with Crippen LogP contribution in [0, 0.1) is 0 Å². The van der Waals surface area contributed by atoms with Crippen LogP contribution < -0.4 is 0 Å².